The summed E-state index contributed by atoms with van der Waals surface area (Å²) in [6.07, 6.45) is 1.14. The molecule has 6 rings (SSSR count). The summed E-state index contributed by atoms with van der Waals surface area (Å²) in [7, 11) is 0. The minimum absolute atomic E-state index is 0.00507. The number of benzene rings is 3. The molecule has 2 amide bonds. The zero-order chi connectivity index (χ0) is 30.5. The number of aromatic nitrogens is 4. The first kappa shape index (κ1) is 29.6. The first-order valence-corrected chi connectivity index (χ1v) is 16.0. The van der Waals surface area contributed by atoms with E-state index in [0.29, 0.717) is 55.7 Å². The van der Waals surface area contributed by atoms with E-state index in [9.17, 15) is 9.59 Å². The molecule has 9 nitrogen and oxygen atoms in total. The SMILES string of the molecule is Cc1ccc2c(c1)c1nnc(SCCCC(=O)N3CCN(C(=O)COc4ccccc4)C(C)C3)nc1n2Cc1ccccc1. The molecule has 0 N–H and O–H groups in total. The Kier molecular flexibility index (Phi) is 9.07. The normalized spacial score (nSPS) is 15.2. The fraction of sp³-hybridized carbons (Fsp3) is 0.324. The van der Waals surface area contributed by atoms with E-state index in [4.69, 9.17) is 9.72 Å². The highest BCUT2D eigenvalue weighted by atomic mass is 32.2. The predicted octanol–water partition coefficient (Wildman–Crippen LogP) is 5.35. The lowest BCUT2D eigenvalue weighted by Gasteiger charge is -2.39. The van der Waals surface area contributed by atoms with Gasteiger partial charge in [-0.15, -0.1) is 10.2 Å². The van der Waals surface area contributed by atoms with Gasteiger partial charge in [-0.25, -0.2) is 4.98 Å². The number of rotatable bonds is 10. The summed E-state index contributed by atoms with van der Waals surface area (Å²) >= 11 is 1.52. The van der Waals surface area contributed by atoms with Crippen LogP contribution in [0.4, 0.5) is 0 Å². The molecule has 3 heterocycles. The number of piperazine rings is 1. The molecule has 1 aliphatic heterocycles. The van der Waals surface area contributed by atoms with Gasteiger partial charge in [0.15, 0.2) is 12.3 Å². The van der Waals surface area contributed by atoms with Crippen molar-refractivity contribution < 1.29 is 14.3 Å². The Hall–Kier alpha value is -4.44. The molecule has 5 aromatic rings. The summed E-state index contributed by atoms with van der Waals surface area (Å²) in [6.45, 7) is 6.31. The van der Waals surface area contributed by atoms with Crippen molar-refractivity contribution in [3.63, 3.8) is 0 Å². The summed E-state index contributed by atoms with van der Waals surface area (Å²) in [5, 5.41) is 10.7. The number of carbonyl (C=O) groups is 2. The third-order valence-corrected chi connectivity index (χ3v) is 8.88. The Labute approximate surface area is 261 Å². The summed E-state index contributed by atoms with van der Waals surface area (Å²) < 4.78 is 7.84. The van der Waals surface area contributed by atoms with Gasteiger partial charge in [-0.2, -0.15) is 0 Å². The minimum atomic E-state index is -0.0634. The Morgan fingerprint density at radius 1 is 0.955 bits per heavy atom. The van der Waals surface area contributed by atoms with Crippen molar-refractivity contribution in [1.82, 2.24) is 29.5 Å². The van der Waals surface area contributed by atoms with Gasteiger partial charge in [0.1, 0.15) is 11.3 Å². The maximum absolute atomic E-state index is 13.0. The number of nitrogens with zero attached hydrogens (tertiary/aromatic N) is 6. The van der Waals surface area contributed by atoms with E-state index < -0.39 is 0 Å². The second kappa shape index (κ2) is 13.5. The highest BCUT2D eigenvalue weighted by Crippen LogP contribution is 2.29. The molecule has 3 aromatic carbocycles. The van der Waals surface area contributed by atoms with Crippen molar-refractivity contribution in [1.29, 1.82) is 0 Å². The van der Waals surface area contributed by atoms with Crippen LogP contribution in [0.1, 0.15) is 30.9 Å². The van der Waals surface area contributed by atoms with Crippen LogP contribution in [-0.4, -0.2) is 79.4 Å². The molecule has 1 atom stereocenters. The van der Waals surface area contributed by atoms with Crippen LogP contribution in [0, 0.1) is 6.92 Å². The first-order valence-electron chi connectivity index (χ1n) is 15.0. The van der Waals surface area contributed by atoms with Crippen molar-refractivity contribution in [3.05, 3.63) is 90.0 Å². The lowest BCUT2D eigenvalue weighted by molar-refractivity contribution is -0.143. The molecular formula is C34H36N6O3S. The quantitative estimate of drug-likeness (QED) is 0.156. The van der Waals surface area contributed by atoms with Crippen molar-refractivity contribution >= 4 is 45.6 Å². The van der Waals surface area contributed by atoms with E-state index in [1.54, 1.807) is 4.90 Å². The smallest absolute Gasteiger partial charge is 0.260 e. The highest BCUT2D eigenvalue weighted by Gasteiger charge is 2.29. The number of fused-ring (bicyclic) bond motifs is 3. The Balaban J connectivity index is 1.03. The molecular weight excluding hydrogens is 572 g/mol. The maximum atomic E-state index is 13.0. The Morgan fingerprint density at radius 2 is 1.73 bits per heavy atom. The van der Waals surface area contributed by atoms with Gasteiger partial charge in [0.05, 0.1) is 5.52 Å². The minimum Gasteiger partial charge on any atom is -0.484 e. The van der Waals surface area contributed by atoms with Crippen LogP contribution in [0.5, 0.6) is 5.75 Å². The Bertz CT molecular complexity index is 1760. The predicted molar refractivity (Wildman–Crippen MR) is 173 cm³/mol. The van der Waals surface area contributed by atoms with E-state index in [-0.39, 0.29) is 24.5 Å². The van der Waals surface area contributed by atoms with Crippen LogP contribution in [0.25, 0.3) is 22.1 Å². The lowest BCUT2D eigenvalue weighted by Crippen LogP contribution is -2.56. The van der Waals surface area contributed by atoms with Gasteiger partial charge >= 0.3 is 0 Å². The number of amides is 2. The van der Waals surface area contributed by atoms with Gasteiger partial charge < -0.3 is 19.1 Å². The van der Waals surface area contributed by atoms with Crippen LogP contribution in [0.15, 0.2) is 84.0 Å². The molecule has 1 unspecified atom stereocenters. The second-order valence-electron chi connectivity index (χ2n) is 11.2. The molecule has 1 aliphatic rings. The van der Waals surface area contributed by atoms with Crippen LogP contribution >= 0.6 is 11.8 Å². The number of ether oxygens (including phenoxy) is 1. The maximum Gasteiger partial charge on any atom is 0.260 e. The van der Waals surface area contributed by atoms with Crippen molar-refractivity contribution in [2.75, 3.05) is 32.0 Å². The molecule has 1 saturated heterocycles. The van der Waals surface area contributed by atoms with Gasteiger partial charge in [0, 0.05) is 49.8 Å². The van der Waals surface area contributed by atoms with Crippen LogP contribution in [0.2, 0.25) is 0 Å². The number of hydrogen-bond acceptors (Lipinski definition) is 7. The average Bonchev–Trinajstić information content (AvgIpc) is 3.34. The molecule has 0 aliphatic carbocycles. The van der Waals surface area contributed by atoms with Gasteiger partial charge in [-0.1, -0.05) is 71.9 Å². The summed E-state index contributed by atoms with van der Waals surface area (Å²) in [6, 6.07) is 26.0. The van der Waals surface area contributed by atoms with E-state index in [1.165, 1.54) is 22.9 Å². The van der Waals surface area contributed by atoms with Crippen molar-refractivity contribution in [2.24, 2.45) is 0 Å². The number of para-hydroxylation sites is 1. The molecule has 226 valence electrons. The van der Waals surface area contributed by atoms with E-state index in [1.807, 2.05) is 60.4 Å². The molecule has 10 heteroatoms. The second-order valence-corrected chi connectivity index (χ2v) is 12.3. The van der Waals surface area contributed by atoms with Crippen LogP contribution in [0.3, 0.4) is 0 Å². The summed E-state index contributed by atoms with van der Waals surface area (Å²) in [5.74, 6) is 1.43. The van der Waals surface area contributed by atoms with Crippen molar-refractivity contribution in [3.8, 4) is 5.75 Å². The monoisotopic (exact) mass is 608 g/mol. The molecule has 0 spiro atoms. The largest absolute Gasteiger partial charge is 0.484 e. The number of hydrogen-bond donors (Lipinski definition) is 0. The Morgan fingerprint density at radius 3 is 2.50 bits per heavy atom. The molecule has 0 radical (unpaired) electrons. The van der Waals surface area contributed by atoms with E-state index in [2.05, 4.69) is 52.0 Å². The zero-order valence-corrected chi connectivity index (χ0v) is 25.9. The average molecular weight is 609 g/mol. The fourth-order valence-corrected chi connectivity index (χ4v) is 6.41. The number of aryl methyl sites for hydroxylation is 1. The number of thioether (sulfide) groups is 1. The zero-order valence-electron chi connectivity index (χ0n) is 25.1. The van der Waals surface area contributed by atoms with Gasteiger partial charge in [0.25, 0.3) is 5.91 Å². The van der Waals surface area contributed by atoms with Crippen LogP contribution in [-0.2, 0) is 16.1 Å². The molecule has 44 heavy (non-hydrogen) atoms. The van der Waals surface area contributed by atoms with Crippen LogP contribution < -0.4 is 4.74 Å². The standard InChI is InChI=1S/C34H36N6O3S/c1-24-15-16-29-28(20-24)32-33(40(29)22-26-10-5-3-6-11-26)35-34(37-36-32)44-19-9-14-30(41)38-17-18-39(25(2)21-38)31(42)23-43-27-12-7-4-8-13-27/h3-8,10-13,15-16,20,25H,9,14,17-19,21-23H2,1-2H3. The highest BCUT2D eigenvalue weighted by molar-refractivity contribution is 7.99. The van der Waals surface area contributed by atoms with Crippen molar-refractivity contribution in [2.45, 2.75) is 44.4 Å². The van der Waals surface area contributed by atoms with Gasteiger partial charge in [-0.05, 0) is 50.1 Å². The number of carbonyl (C=O) groups excluding carboxylic acids is 2. The molecule has 0 saturated carbocycles. The molecule has 0 bridgehead atoms. The van der Waals surface area contributed by atoms with Gasteiger partial charge in [0.2, 0.25) is 11.1 Å². The lowest BCUT2D eigenvalue weighted by atomic mass is 10.1. The molecule has 2 aromatic heterocycles. The molecule has 1 fully saturated rings. The van der Waals surface area contributed by atoms with E-state index >= 15 is 0 Å². The third-order valence-electron chi connectivity index (χ3n) is 7.96. The fourth-order valence-electron chi connectivity index (χ4n) is 5.69. The van der Waals surface area contributed by atoms with E-state index in [0.717, 1.165) is 22.1 Å². The summed E-state index contributed by atoms with van der Waals surface area (Å²) in [5.41, 5.74) is 5.07. The van der Waals surface area contributed by atoms with Gasteiger partial charge in [-0.3, -0.25) is 9.59 Å². The first-order chi connectivity index (χ1) is 21.5. The third kappa shape index (κ3) is 6.70. The summed E-state index contributed by atoms with van der Waals surface area (Å²) in [4.78, 5) is 34.3. The topological polar surface area (TPSA) is 93.5 Å².